The van der Waals surface area contributed by atoms with E-state index >= 15 is 0 Å². The van der Waals surface area contributed by atoms with Crippen LogP contribution in [0.5, 0.6) is 0 Å². The number of hydrogen-bond acceptors (Lipinski definition) is 6. The second-order valence-corrected chi connectivity index (χ2v) is 9.18. The van der Waals surface area contributed by atoms with E-state index in [1.54, 1.807) is 13.8 Å². The summed E-state index contributed by atoms with van der Waals surface area (Å²) >= 11 is 0. The number of sulfonamides is 1. The molecule has 19 heavy (non-hydrogen) atoms. The van der Waals surface area contributed by atoms with Crippen LogP contribution < -0.4 is 0 Å². The van der Waals surface area contributed by atoms with Crippen LogP contribution in [0.4, 0.5) is 0 Å². The number of methoxy groups -OCH3 is 1. The summed E-state index contributed by atoms with van der Waals surface area (Å²) < 4.78 is 53.0. The first kappa shape index (κ1) is 16.4. The van der Waals surface area contributed by atoms with Crippen LogP contribution in [0.1, 0.15) is 20.3 Å². The van der Waals surface area contributed by atoms with Gasteiger partial charge in [-0.3, -0.25) is 4.79 Å². The first-order chi connectivity index (χ1) is 8.60. The van der Waals surface area contributed by atoms with Gasteiger partial charge in [0.2, 0.25) is 10.0 Å². The Morgan fingerprint density at radius 2 is 2.00 bits per heavy atom. The molecule has 0 radical (unpaired) electrons. The van der Waals surface area contributed by atoms with E-state index in [1.807, 2.05) is 0 Å². The van der Waals surface area contributed by atoms with Gasteiger partial charge in [-0.15, -0.1) is 0 Å². The molecule has 1 aliphatic heterocycles. The van der Waals surface area contributed by atoms with E-state index in [-0.39, 0.29) is 17.9 Å². The van der Waals surface area contributed by atoms with Gasteiger partial charge in [-0.05, 0) is 20.3 Å². The summed E-state index contributed by atoms with van der Waals surface area (Å²) in [6, 6.07) is -0.438. The van der Waals surface area contributed by atoms with Gasteiger partial charge in [-0.2, -0.15) is 4.31 Å². The Hall–Kier alpha value is -0.670. The number of ether oxygens (including phenoxy) is 1. The Labute approximate surface area is 113 Å². The SMILES string of the molecule is COC(=O)CN(C(C)C)S(=O)(=O)C1CCS(=O)(=O)C1. The molecule has 9 heteroatoms. The van der Waals surface area contributed by atoms with Gasteiger partial charge in [0.25, 0.3) is 0 Å². The van der Waals surface area contributed by atoms with Crippen LogP contribution in [0.3, 0.4) is 0 Å². The van der Waals surface area contributed by atoms with Crippen LogP contribution in [0.25, 0.3) is 0 Å². The molecule has 1 unspecified atom stereocenters. The molecule has 0 amide bonds. The van der Waals surface area contributed by atoms with Crippen molar-refractivity contribution in [3.05, 3.63) is 0 Å². The molecule has 0 bridgehead atoms. The molecule has 1 aliphatic rings. The van der Waals surface area contributed by atoms with Crippen molar-refractivity contribution in [3.63, 3.8) is 0 Å². The lowest BCUT2D eigenvalue weighted by molar-refractivity contribution is -0.141. The number of nitrogens with zero attached hydrogens (tertiary/aromatic N) is 1. The zero-order valence-corrected chi connectivity index (χ0v) is 12.8. The summed E-state index contributed by atoms with van der Waals surface area (Å²) in [4.78, 5) is 11.3. The molecule has 0 aliphatic carbocycles. The van der Waals surface area contributed by atoms with Crippen molar-refractivity contribution < 1.29 is 26.4 Å². The summed E-state index contributed by atoms with van der Waals surface area (Å²) in [6.07, 6.45) is 0.0784. The molecule has 1 atom stereocenters. The predicted octanol–water partition coefficient (Wildman–Crippen LogP) is -0.613. The fraction of sp³-hybridized carbons (Fsp3) is 0.900. The third-order valence-corrected chi connectivity index (χ3v) is 7.46. The fourth-order valence-electron chi connectivity index (χ4n) is 1.95. The summed E-state index contributed by atoms with van der Waals surface area (Å²) in [5, 5.41) is -0.968. The van der Waals surface area contributed by atoms with Crippen molar-refractivity contribution in [2.24, 2.45) is 0 Å². The Morgan fingerprint density at radius 3 is 2.37 bits per heavy atom. The third kappa shape index (κ3) is 3.90. The number of carbonyl (C=O) groups excluding carboxylic acids is 1. The number of hydrogen-bond donors (Lipinski definition) is 0. The number of carbonyl (C=O) groups is 1. The van der Waals surface area contributed by atoms with E-state index in [2.05, 4.69) is 4.74 Å². The van der Waals surface area contributed by atoms with E-state index < -0.39 is 43.7 Å². The minimum Gasteiger partial charge on any atom is -0.468 e. The number of rotatable bonds is 5. The molecular weight excluding hydrogens is 294 g/mol. The Bertz CT molecular complexity index is 536. The van der Waals surface area contributed by atoms with E-state index in [0.717, 1.165) is 4.31 Å². The van der Waals surface area contributed by atoms with Crippen molar-refractivity contribution in [2.75, 3.05) is 25.2 Å². The van der Waals surface area contributed by atoms with Crippen molar-refractivity contribution in [1.82, 2.24) is 4.31 Å². The van der Waals surface area contributed by atoms with Gasteiger partial charge in [0.15, 0.2) is 9.84 Å². The molecule has 1 rings (SSSR count). The third-order valence-electron chi connectivity index (χ3n) is 3.03. The van der Waals surface area contributed by atoms with Crippen LogP contribution in [0.15, 0.2) is 0 Å². The van der Waals surface area contributed by atoms with E-state index in [4.69, 9.17) is 0 Å². The molecule has 1 fully saturated rings. The Balaban J connectivity index is 2.98. The largest absolute Gasteiger partial charge is 0.468 e. The standard InChI is InChI=1S/C10H19NO6S2/c1-8(2)11(6-10(12)17-3)19(15,16)9-4-5-18(13,14)7-9/h8-9H,4-7H2,1-3H3. The smallest absolute Gasteiger partial charge is 0.321 e. The van der Waals surface area contributed by atoms with Gasteiger partial charge in [0, 0.05) is 6.04 Å². The van der Waals surface area contributed by atoms with Crippen molar-refractivity contribution in [1.29, 1.82) is 0 Å². The van der Waals surface area contributed by atoms with Crippen molar-refractivity contribution >= 4 is 25.8 Å². The highest BCUT2D eigenvalue weighted by Gasteiger charge is 2.41. The summed E-state index contributed by atoms with van der Waals surface area (Å²) in [5.74, 6) is -1.17. The quantitative estimate of drug-likeness (QED) is 0.628. The molecule has 0 aromatic rings. The Morgan fingerprint density at radius 1 is 1.42 bits per heavy atom. The summed E-state index contributed by atoms with van der Waals surface area (Å²) in [7, 11) is -5.94. The van der Waals surface area contributed by atoms with Crippen molar-refractivity contribution in [3.8, 4) is 0 Å². The lowest BCUT2D eigenvalue weighted by Gasteiger charge is -2.27. The molecule has 7 nitrogen and oxygen atoms in total. The average Bonchev–Trinajstić information content (AvgIpc) is 2.66. The maximum absolute atomic E-state index is 12.4. The first-order valence-electron chi connectivity index (χ1n) is 5.88. The summed E-state index contributed by atoms with van der Waals surface area (Å²) in [5.41, 5.74) is 0. The summed E-state index contributed by atoms with van der Waals surface area (Å²) in [6.45, 7) is 2.86. The van der Waals surface area contributed by atoms with Crippen molar-refractivity contribution in [2.45, 2.75) is 31.6 Å². The number of sulfone groups is 1. The highest BCUT2D eigenvalue weighted by Crippen LogP contribution is 2.23. The van der Waals surface area contributed by atoms with E-state index in [9.17, 15) is 21.6 Å². The molecule has 1 heterocycles. The monoisotopic (exact) mass is 313 g/mol. The van der Waals surface area contributed by atoms with Gasteiger partial charge in [-0.1, -0.05) is 0 Å². The zero-order chi connectivity index (χ0) is 14.8. The minimum atomic E-state index is -3.82. The normalized spacial score (nSPS) is 22.9. The van der Waals surface area contributed by atoms with E-state index in [1.165, 1.54) is 7.11 Å². The first-order valence-corrected chi connectivity index (χ1v) is 9.20. The van der Waals surface area contributed by atoms with E-state index in [0.29, 0.717) is 0 Å². The van der Waals surface area contributed by atoms with Gasteiger partial charge in [0.1, 0.15) is 6.54 Å². The topological polar surface area (TPSA) is 97.8 Å². The average molecular weight is 313 g/mol. The van der Waals surface area contributed by atoms with Gasteiger partial charge in [-0.25, -0.2) is 16.8 Å². The van der Waals surface area contributed by atoms with Crippen LogP contribution in [-0.4, -0.2) is 63.6 Å². The second kappa shape index (κ2) is 5.76. The molecule has 0 saturated carbocycles. The highest BCUT2D eigenvalue weighted by atomic mass is 32.2. The highest BCUT2D eigenvalue weighted by molar-refractivity contribution is 7.95. The van der Waals surface area contributed by atoms with Crippen LogP contribution in [0, 0.1) is 0 Å². The molecule has 0 aromatic heterocycles. The Kier molecular flexibility index (Phi) is 4.97. The van der Waals surface area contributed by atoms with Gasteiger partial charge in [0.05, 0.1) is 23.9 Å². The lowest BCUT2D eigenvalue weighted by atomic mass is 10.4. The minimum absolute atomic E-state index is 0.0784. The molecular formula is C10H19NO6S2. The second-order valence-electron chi connectivity index (χ2n) is 4.79. The van der Waals surface area contributed by atoms with Crippen LogP contribution in [-0.2, 0) is 29.4 Å². The lowest BCUT2D eigenvalue weighted by Crippen LogP contribution is -2.46. The molecule has 0 N–H and O–H groups in total. The number of esters is 1. The maximum atomic E-state index is 12.4. The van der Waals surface area contributed by atoms with Gasteiger partial charge < -0.3 is 4.74 Å². The molecule has 1 saturated heterocycles. The molecule has 0 spiro atoms. The fourth-order valence-corrected chi connectivity index (χ4v) is 6.62. The van der Waals surface area contributed by atoms with Gasteiger partial charge >= 0.3 is 5.97 Å². The van der Waals surface area contributed by atoms with Crippen LogP contribution >= 0.6 is 0 Å². The molecule has 0 aromatic carbocycles. The predicted molar refractivity (Wildman–Crippen MR) is 69.8 cm³/mol. The zero-order valence-electron chi connectivity index (χ0n) is 11.2. The maximum Gasteiger partial charge on any atom is 0.321 e. The van der Waals surface area contributed by atoms with Crippen LogP contribution in [0.2, 0.25) is 0 Å². The molecule has 112 valence electrons.